The smallest absolute Gasteiger partial charge is 0.142 e. The van der Waals surface area contributed by atoms with Crippen LogP contribution < -0.4 is 0 Å². The maximum Gasteiger partial charge on any atom is 0.142 e. The van der Waals surface area contributed by atoms with Gasteiger partial charge < -0.3 is 5.11 Å². The topological polar surface area (TPSA) is 20.2 Å². The van der Waals surface area contributed by atoms with Gasteiger partial charge in [-0.05, 0) is 35.4 Å². The molecule has 0 aromatic heterocycles. The molecule has 0 fully saturated rings. The van der Waals surface area contributed by atoms with Crippen LogP contribution in [0.4, 0.5) is 4.39 Å². The molecule has 19 heavy (non-hydrogen) atoms. The summed E-state index contributed by atoms with van der Waals surface area (Å²) >= 11 is 15.0. The molecule has 0 bridgehead atoms. The Kier molecular flexibility index (Phi) is 4.85. The fourth-order valence-electron chi connectivity index (χ4n) is 1.73. The first-order chi connectivity index (χ1) is 8.97. The van der Waals surface area contributed by atoms with Gasteiger partial charge in [0.25, 0.3) is 0 Å². The average molecular weight is 364 g/mol. The van der Waals surface area contributed by atoms with Crippen LogP contribution in [0.5, 0.6) is 0 Å². The summed E-state index contributed by atoms with van der Waals surface area (Å²) in [5.41, 5.74) is 1.27. The Bertz CT molecular complexity index is 604. The van der Waals surface area contributed by atoms with E-state index in [1.807, 2.05) is 12.1 Å². The Morgan fingerprint density at radius 3 is 2.47 bits per heavy atom. The van der Waals surface area contributed by atoms with Crippen molar-refractivity contribution < 1.29 is 9.50 Å². The van der Waals surface area contributed by atoms with Gasteiger partial charge >= 0.3 is 0 Å². The molecule has 2 aromatic carbocycles. The lowest BCUT2D eigenvalue weighted by Crippen LogP contribution is -2.03. The number of rotatable bonds is 3. The van der Waals surface area contributed by atoms with Crippen LogP contribution in [0.15, 0.2) is 40.9 Å². The number of aliphatic hydroxyl groups excluding tert-OH is 1. The highest BCUT2D eigenvalue weighted by Crippen LogP contribution is 2.27. The highest BCUT2D eigenvalue weighted by Gasteiger charge is 2.13. The molecule has 0 saturated heterocycles. The normalized spacial score (nSPS) is 12.5. The van der Waals surface area contributed by atoms with Crippen LogP contribution in [-0.2, 0) is 6.42 Å². The minimum absolute atomic E-state index is 0.0395. The van der Waals surface area contributed by atoms with Crippen molar-refractivity contribution >= 4 is 39.1 Å². The van der Waals surface area contributed by atoms with Crippen molar-refractivity contribution in [1.29, 1.82) is 0 Å². The highest BCUT2D eigenvalue weighted by atomic mass is 79.9. The summed E-state index contributed by atoms with van der Waals surface area (Å²) in [6.07, 6.45) is -0.516. The average Bonchev–Trinajstić information content (AvgIpc) is 2.36. The number of hydrogen-bond donors (Lipinski definition) is 1. The van der Waals surface area contributed by atoms with Gasteiger partial charge in [0.1, 0.15) is 5.82 Å². The molecule has 0 aliphatic carbocycles. The molecule has 0 aliphatic rings. The Balaban J connectivity index is 2.20. The molecule has 0 saturated carbocycles. The van der Waals surface area contributed by atoms with E-state index in [0.717, 1.165) is 10.0 Å². The summed E-state index contributed by atoms with van der Waals surface area (Å²) in [5.74, 6) is -0.542. The first-order valence-corrected chi connectivity index (χ1v) is 7.09. The van der Waals surface area contributed by atoms with Crippen molar-refractivity contribution in [2.24, 2.45) is 0 Å². The summed E-state index contributed by atoms with van der Waals surface area (Å²) < 4.78 is 14.2. The molecule has 0 heterocycles. The molecular weight excluding hydrogens is 354 g/mol. The molecule has 0 aliphatic heterocycles. The summed E-state index contributed by atoms with van der Waals surface area (Å²) in [5, 5.41) is 10.7. The van der Waals surface area contributed by atoms with Gasteiger partial charge in [-0.3, -0.25) is 0 Å². The minimum Gasteiger partial charge on any atom is -0.388 e. The third-order valence-corrected chi connectivity index (χ3v) is 3.91. The Morgan fingerprint density at radius 1 is 1.11 bits per heavy atom. The van der Waals surface area contributed by atoms with E-state index in [4.69, 9.17) is 23.2 Å². The van der Waals surface area contributed by atoms with Gasteiger partial charge in [-0.2, -0.15) is 0 Å². The summed E-state index contributed by atoms with van der Waals surface area (Å²) in [6, 6.07) is 9.69. The zero-order valence-corrected chi connectivity index (χ0v) is 12.8. The van der Waals surface area contributed by atoms with E-state index in [-0.39, 0.29) is 5.02 Å². The van der Waals surface area contributed by atoms with E-state index in [0.29, 0.717) is 17.0 Å². The number of benzene rings is 2. The first kappa shape index (κ1) is 14.8. The van der Waals surface area contributed by atoms with Gasteiger partial charge in [-0.25, -0.2) is 4.39 Å². The Hall–Kier alpha value is -0.610. The fraction of sp³-hybridized carbons (Fsp3) is 0.143. The molecule has 2 rings (SSSR count). The van der Waals surface area contributed by atoms with E-state index in [2.05, 4.69) is 15.9 Å². The predicted molar refractivity (Wildman–Crippen MR) is 79.2 cm³/mol. The lowest BCUT2D eigenvalue weighted by Gasteiger charge is -2.13. The van der Waals surface area contributed by atoms with Gasteiger partial charge in [0.05, 0.1) is 11.1 Å². The van der Waals surface area contributed by atoms with Crippen molar-refractivity contribution in [1.82, 2.24) is 0 Å². The van der Waals surface area contributed by atoms with Crippen LogP contribution in [0.3, 0.4) is 0 Å². The third kappa shape index (κ3) is 3.69. The first-order valence-electron chi connectivity index (χ1n) is 5.54. The van der Waals surface area contributed by atoms with Crippen molar-refractivity contribution in [2.45, 2.75) is 12.5 Å². The summed E-state index contributed by atoms with van der Waals surface area (Å²) in [4.78, 5) is 0. The van der Waals surface area contributed by atoms with Crippen LogP contribution in [0, 0.1) is 5.82 Å². The lowest BCUT2D eigenvalue weighted by molar-refractivity contribution is 0.178. The molecule has 2 aromatic rings. The van der Waals surface area contributed by atoms with E-state index in [1.165, 1.54) is 12.1 Å². The van der Waals surface area contributed by atoms with E-state index >= 15 is 0 Å². The second kappa shape index (κ2) is 6.23. The quantitative estimate of drug-likeness (QED) is 0.797. The van der Waals surface area contributed by atoms with Crippen LogP contribution >= 0.6 is 39.1 Å². The second-order valence-corrected chi connectivity index (χ2v) is 5.86. The summed E-state index contributed by atoms with van der Waals surface area (Å²) in [6.45, 7) is 0. The summed E-state index contributed by atoms with van der Waals surface area (Å²) in [7, 11) is 0. The maximum atomic E-state index is 13.3. The Labute approximate surface area is 129 Å². The maximum absolute atomic E-state index is 13.3. The minimum atomic E-state index is -0.828. The standard InChI is InChI=1S/C14H10BrCl2FO/c15-10-3-1-8(12(17)7-10)6-14(19)9-2-4-11(16)13(18)5-9/h1-5,7,14,19H,6H2. The molecular formula is C14H10BrCl2FO. The van der Waals surface area contributed by atoms with Gasteiger partial charge in [-0.1, -0.05) is 51.3 Å². The van der Waals surface area contributed by atoms with Crippen LogP contribution in [0.1, 0.15) is 17.2 Å². The van der Waals surface area contributed by atoms with Gasteiger partial charge in [0, 0.05) is 15.9 Å². The molecule has 1 N–H and O–H groups in total. The van der Waals surface area contributed by atoms with E-state index in [9.17, 15) is 9.50 Å². The largest absolute Gasteiger partial charge is 0.388 e. The highest BCUT2D eigenvalue weighted by molar-refractivity contribution is 9.10. The zero-order valence-electron chi connectivity index (χ0n) is 9.71. The van der Waals surface area contributed by atoms with Gasteiger partial charge in [0.2, 0.25) is 0 Å². The molecule has 100 valence electrons. The molecule has 0 radical (unpaired) electrons. The van der Waals surface area contributed by atoms with Crippen LogP contribution in [0.25, 0.3) is 0 Å². The SMILES string of the molecule is OC(Cc1ccc(Br)cc1Cl)c1ccc(Cl)c(F)c1. The van der Waals surface area contributed by atoms with Gasteiger partial charge in [-0.15, -0.1) is 0 Å². The molecule has 1 unspecified atom stereocenters. The van der Waals surface area contributed by atoms with E-state index in [1.54, 1.807) is 12.1 Å². The number of aliphatic hydroxyl groups is 1. The van der Waals surface area contributed by atoms with Crippen molar-refractivity contribution in [3.05, 3.63) is 67.9 Å². The van der Waals surface area contributed by atoms with Gasteiger partial charge in [0.15, 0.2) is 0 Å². The van der Waals surface area contributed by atoms with Crippen LogP contribution in [0.2, 0.25) is 10.0 Å². The van der Waals surface area contributed by atoms with E-state index < -0.39 is 11.9 Å². The fourth-order valence-corrected chi connectivity index (χ4v) is 2.60. The van der Waals surface area contributed by atoms with Crippen molar-refractivity contribution in [2.75, 3.05) is 0 Å². The van der Waals surface area contributed by atoms with Crippen molar-refractivity contribution in [3.8, 4) is 0 Å². The molecule has 1 atom stereocenters. The molecule has 1 nitrogen and oxygen atoms in total. The Morgan fingerprint density at radius 2 is 1.84 bits per heavy atom. The van der Waals surface area contributed by atoms with Crippen molar-refractivity contribution in [3.63, 3.8) is 0 Å². The molecule has 0 amide bonds. The second-order valence-electron chi connectivity index (χ2n) is 4.13. The number of hydrogen-bond acceptors (Lipinski definition) is 1. The monoisotopic (exact) mass is 362 g/mol. The van der Waals surface area contributed by atoms with Crippen LogP contribution in [-0.4, -0.2) is 5.11 Å². The molecule has 5 heteroatoms. The molecule has 0 spiro atoms. The predicted octanol–water partition coefficient (Wildman–Crippen LogP) is 5.17. The number of halogens is 4. The lowest BCUT2D eigenvalue weighted by atomic mass is 10.0. The zero-order chi connectivity index (χ0) is 14.0. The third-order valence-electron chi connectivity index (χ3n) is 2.76.